The zero-order valence-corrected chi connectivity index (χ0v) is 7.22. The Bertz CT molecular complexity index is 240. The SMILES string of the molecule is CC1=NN=C2CCCCC12C. The van der Waals surface area contributed by atoms with Crippen molar-refractivity contribution in [2.24, 2.45) is 15.6 Å². The smallest absolute Gasteiger partial charge is 0.0521 e. The second-order valence-electron chi connectivity index (χ2n) is 3.77. The molecule has 0 aromatic heterocycles. The van der Waals surface area contributed by atoms with Crippen molar-refractivity contribution in [1.82, 2.24) is 0 Å². The minimum Gasteiger partial charge on any atom is -0.159 e. The zero-order chi connectivity index (χ0) is 7.90. The van der Waals surface area contributed by atoms with Crippen LogP contribution < -0.4 is 0 Å². The standard InChI is InChI=1S/C9H14N2/c1-7-9(2)6-4-3-5-8(9)11-10-7/h3-6H2,1-2H3. The molecule has 2 nitrogen and oxygen atoms in total. The molecule has 1 aliphatic heterocycles. The average molecular weight is 150 g/mol. The van der Waals surface area contributed by atoms with Crippen molar-refractivity contribution in [2.45, 2.75) is 39.5 Å². The predicted molar refractivity (Wildman–Crippen MR) is 47.1 cm³/mol. The van der Waals surface area contributed by atoms with Gasteiger partial charge in [-0.1, -0.05) is 6.42 Å². The highest BCUT2D eigenvalue weighted by Crippen LogP contribution is 2.38. The topological polar surface area (TPSA) is 24.7 Å². The summed E-state index contributed by atoms with van der Waals surface area (Å²) in [5.74, 6) is 0. The fraction of sp³-hybridized carbons (Fsp3) is 0.778. The van der Waals surface area contributed by atoms with Gasteiger partial charge in [-0.2, -0.15) is 10.2 Å². The van der Waals surface area contributed by atoms with Gasteiger partial charge >= 0.3 is 0 Å². The Morgan fingerprint density at radius 3 is 2.82 bits per heavy atom. The molecule has 0 saturated heterocycles. The summed E-state index contributed by atoms with van der Waals surface area (Å²) in [6.07, 6.45) is 5.05. The molecule has 11 heavy (non-hydrogen) atoms. The minimum absolute atomic E-state index is 0.248. The van der Waals surface area contributed by atoms with Crippen LogP contribution in [0.25, 0.3) is 0 Å². The Kier molecular flexibility index (Phi) is 1.38. The van der Waals surface area contributed by atoms with Gasteiger partial charge in [-0.15, -0.1) is 0 Å². The molecule has 2 heteroatoms. The largest absolute Gasteiger partial charge is 0.159 e. The van der Waals surface area contributed by atoms with Crippen LogP contribution in [0.1, 0.15) is 39.5 Å². The monoisotopic (exact) mass is 150 g/mol. The van der Waals surface area contributed by atoms with E-state index in [1.807, 2.05) is 0 Å². The van der Waals surface area contributed by atoms with Crippen molar-refractivity contribution in [1.29, 1.82) is 0 Å². The molecule has 2 rings (SSSR count). The summed E-state index contributed by atoms with van der Waals surface area (Å²) in [4.78, 5) is 0. The average Bonchev–Trinajstić information content (AvgIpc) is 2.29. The Hall–Kier alpha value is -0.660. The molecule has 1 fully saturated rings. The third-order valence-corrected chi connectivity index (χ3v) is 3.10. The molecule has 0 bridgehead atoms. The number of fused-ring (bicyclic) bond motifs is 1. The Balaban J connectivity index is 2.33. The fourth-order valence-corrected chi connectivity index (χ4v) is 1.99. The van der Waals surface area contributed by atoms with Crippen molar-refractivity contribution < 1.29 is 0 Å². The van der Waals surface area contributed by atoms with Gasteiger partial charge in [0.15, 0.2) is 0 Å². The summed E-state index contributed by atoms with van der Waals surface area (Å²) in [5.41, 5.74) is 2.78. The molecular weight excluding hydrogens is 136 g/mol. The van der Waals surface area contributed by atoms with E-state index in [1.54, 1.807) is 0 Å². The van der Waals surface area contributed by atoms with Gasteiger partial charge in [-0.25, -0.2) is 0 Å². The van der Waals surface area contributed by atoms with Crippen LogP contribution in [0.15, 0.2) is 10.2 Å². The molecule has 1 atom stereocenters. The number of nitrogens with zero attached hydrogens (tertiary/aromatic N) is 2. The minimum atomic E-state index is 0.248. The molecule has 0 amide bonds. The quantitative estimate of drug-likeness (QED) is 0.506. The van der Waals surface area contributed by atoms with Crippen LogP contribution in [0.3, 0.4) is 0 Å². The van der Waals surface area contributed by atoms with E-state index in [1.165, 1.54) is 30.7 Å². The summed E-state index contributed by atoms with van der Waals surface area (Å²) in [5, 5.41) is 8.37. The predicted octanol–water partition coefficient (Wildman–Crippen LogP) is 2.40. The van der Waals surface area contributed by atoms with Gasteiger partial charge in [-0.3, -0.25) is 0 Å². The van der Waals surface area contributed by atoms with Gasteiger partial charge in [-0.05, 0) is 33.1 Å². The van der Waals surface area contributed by atoms with E-state index in [9.17, 15) is 0 Å². The third-order valence-electron chi connectivity index (χ3n) is 3.10. The molecule has 1 heterocycles. The molecule has 0 radical (unpaired) electrons. The van der Waals surface area contributed by atoms with Crippen LogP contribution in [0.2, 0.25) is 0 Å². The van der Waals surface area contributed by atoms with Crippen molar-refractivity contribution in [3.8, 4) is 0 Å². The Morgan fingerprint density at radius 1 is 1.27 bits per heavy atom. The van der Waals surface area contributed by atoms with Crippen LogP contribution >= 0.6 is 0 Å². The molecule has 0 N–H and O–H groups in total. The number of rotatable bonds is 0. The molecule has 1 unspecified atom stereocenters. The highest BCUT2D eigenvalue weighted by Gasteiger charge is 2.38. The second-order valence-corrected chi connectivity index (χ2v) is 3.77. The summed E-state index contributed by atoms with van der Waals surface area (Å²) in [6.45, 7) is 4.37. The number of hydrogen-bond acceptors (Lipinski definition) is 2. The summed E-state index contributed by atoms with van der Waals surface area (Å²) >= 11 is 0. The van der Waals surface area contributed by atoms with Crippen LogP contribution in [0.4, 0.5) is 0 Å². The Morgan fingerprint density at radius 2 is 2.09 bits per heavy atom. The Labute approximate surface area is 67.4 Å². The molecule has 1 saturated carbocycles. The molecule has 0 aromatic rings. The lowest BCUT2D eigenvalue weighted by Gasteiger charge is -2.30. The first-order valence-corrected chi connectivity index (χ1v) is 4.35. The lowest BCUT2D eigenvalue weighted by atomic mass is 9.72. The van der Waals surface area contributed by atoms with E-state index in [-0.39, 0.29) is 5.41 Å². The van der Waals surface area contributed by atoms with Crippen molar-refractivity contribution in [3.05, 3.63) is 0 Å². The first kappa shape index (κ1) is 7.01. The van der Waals surface area contributed by atoms with E-state index in [0.29, 0.717) is 0 Å². The first-order chi connectivity index (χ1) is 5.23. The van der Waals surface area contributed by atoms with Crippen LogP contribution in [-0.4, -0.2) is 11.4 Å². The summed E-state index contributed by atoms with van der Waals surface area (Å²) in [6, 6.07) is 0. The van der Waals surface area contributed by atoms with E-state index < -0.39 is 0 Å². The van der Waals surface area contributed by atoms with Gasteiger partial charge in [0.25, 0.3) is 0 Å². The molecule has 1 aliphatic carbocycles. The molecule has 0 spiro atoms. The van der Waals surface area contributed by atoms with E-state index in [2.05, 4.69) is 24.1 Å². The summed E-state index contributed by atoms with van der Waals surface area (Å²) < 4.78 is 0. The van der Waals surface area contributed by atoms with Gasteiger partial charge in [0.1, 0.15) is 0 Å². The lowest BCUT2D eigenvalue weighted by molar-refractivity contribution is 0.492. The first-order valence-electron chi connectivity index (χ1n) is 4.35. The maximum absolute atomic E-state index is 4.22. The highest BCUT2D eigenvalue weighted by atomic mass is 15.2. The van der Waals surface area contributed by atoms with E-state index in [0.717, 1.165) is 6.42 Å². The molecule has 2 aliphatic rings. The van der Waals surface area contributed by atoms with Gasteiger partial charge in [0, 0.05) is 11.1 Å². The lowest BCUT2D eigenvalue weighted by Crippen LogP contribution is -2.34. The fourth-order valence-electron chi connectivity index (χ4n) is 1.99. The highest BCUT2D eigenvalue weighted by molar-refractivity contribution is 6.13. The maximum Gasteiger partial charge on any atom is 0.0521 e. The third kappa shape index (κ3) is 0.849. The van der Waals surface area contributed by atoms with Crippen molar-refractivity contribution in [2.75, 3.05) is 0 Å². The maximum atomic E-state index is 4.22. The molecule has 0 aromatic carbocycles. The van der Waals surface area contributed by atoms with Gasteiger partial charge in [0.2, 0.25) is 0 Å². The van der Waals surface area contributed by atoms with Crippen LogP contribution in [0, 0.1) is 5.41 Å². The van der Waals surface area contributed by atoms with Gasteiger partial charge < -0.3 is 0 Å². The van der Waals surface area contributed by atoms with E-state index in [4.69, 9.17) is 0 Å². The van der Waals surface area contributed by atoms with Crippen molar-refractivity contribution >= 4 is 11.4 Å². The van der Waals surface area contributed by atoms with Gasteiger partial charge in [0.05, 0.1) is 5.71 Å². The summed E-state index contributed by atoms with van der Waals surface area (Å²) in [7, 11) is 0. The number of hydrogen-bond donors (Lipinski definition) is 0. The second kappa shape index (κ2) is 2.16. The van der Waals surface area contributed by atoms with Crippen LogP contribution in [-0.2, 0) is 0 Å². The molecular formula is C9H14N2. The van der Waals surface area contributed by atoms with E-state index >= 15 is 0 Å². The zero-order valence-electron chi connectivity index (χ0n) is 7.22. The molecule has 60 valence electrons. The van der Waals surface area contributed by atoms with Crippen LogP contribution in [0.5, 0.6) is 0 Å². The van der Waals surface area contributed by atoms with Crippen molar-refractivity contribution in [3.63, 3.8) is 0 Å². The normalized spacial score (nSPS) is 36.2.